The second kappa shape index (κ2) is 10.0. The number of carbonyl (C=O) groups excluding carboxylic acids is 1. The van der Waals surface area contributed by atoms with E-state index < -0.39 is 5.91 Å². The normalized spacial score (nSPS) is 10.7. The molecule has 0 aliphatic carbocycles. The van der Waals surface area contributed by atoms with Gasteiger partial charge in [-0.1, -0.05) is 60.7 Å². The zero-order chi connectivity index (χ0) is 24.0. The molecule has 3 aromatic carbocycles. The molecule has 0 unspecified atom stereocenters. The predicted octanol–water partition coefficient (Wildman–Crippen LogP) is 4.67. The van der Waals surface area contributed by atoms with Crippen molar-refractivity contribution in [3.63, 3.8) is 0 Å². The van der Waals surface area contributed by atoms with Crippen LogP contribution in [0.1, 0.15) is 21.6 Å². The average molecular weight is 463 g/mol. The highest BCUT2D eigenvalue weighted by Gasteiger charge is 2.17. The van der Waals surface area contributed by atoms with Gasteiger partial charge >= 0.3 is 0 Å². The fraction of sp³-hybridized carbons (Fsp3) is 0.0714. The molecule has 0 spiro atoms. The molecule has 7 heteroatoms. The van der Waals surface area contributed by atoms with Gasteiger partial charge in [0.15, 0.2) is 5.69 Å². The number of nitrogens with zero attached hydrogens (tertiary/aromatic N) is 3. The number of amides is 1. The first kappa shape index (κ1) is 22.0. The Morgan fingerprint density at radius 2 is 1.63 bits per heavy atom. The van der Waals surface area contributed by atoms with Crippen LogP contribution in [0.3, 0.4) is 0 Å². The van der Waals surface area contributed by atoms with Gasteiger partial charge in [-0.3, -0.25) is 14.6 Å². The molecule has 0 bridgehead atoms. The minimum absolute atomic E-state index is 0.179. The number of ether oxygens (including phenoxy) is 1. The minimum Gasteiger partial charge on any atom is -0.489 e. The van der Waals surface area contributed by atoms with Crippen LogP contribution in [0.2, 0.25) is 0 Å². The Balaban J connectivity index is 1.42. The maximum Gasteiger partial charge on any atom is 0.276 e. The molecule has 0 fully saturated rings. The van der Waals surface area contributed by atoms with E-state index in [1.54, 1.807) is 54.9 Å². The van der Waals surface area contributed by atoms with Gasteiger partial charge in [-0.2, -0.15) is 5.10 Å². The summed E-state index contributed by atoms with van der Waals surface area (Å²) in [6, 6.07) is 27.5. The van der Waals surface area contributed by atoms with Gasteiger partial charge in [0.1, 0.15) is 12.4 Å². The third-order valence-corrected chi connectivity index (χ3v) is 5.48. The van der Waals surface area contributed by atoms with Crippen molar-refractivity contribution in [2.75, 3.05) is 5.32 Å². The predicted molar refractivity (Wildman–Crippen MR) is 135 cm³/mol. The molecule has 0 saturated carbocycles. The molecule has 5 aromatic rings. The van der Waals surface area contributed by atoms with Crippen molar-refractivity contribution >= 4 is 22.4 Å². The Hall–Kier alpha value is -4.78. The molecule has 172 valence electrons. The Morgan fingerprint density at radius 3 is 2.43 bits per heavy atom. The van der Waals surface area contributed by atoms with E-state index in [1.807, 2.05) is 48.5 Å². The van der Waals surface area contributed by atoms with Gasteiger partial charge < -0.3 is 10.1 Å². The first-order chi connectivity index (χ1) is 17.2. The average Bonchev–Trinajstić information content (AvgIpc) is 2.90. The Labute approximate surface area is 201 Å². The fourth-order valence-corrected chi connectivity index (χ4v) is 3.77. The number of hydrogen-bond donors (Lipinski definition) is 1. The van der Waals surface area contributed by atoms with Crippen LogP contribution in [0.15, 0.2) is 108 Å². The second-order valence-electron chi connectivity index (χ2n) is 7.97. The number of hydrogen-bond acceptors (Lipinski definition) is 5. The topological polar surface area (TPSA) is 86.1 Å². The second-order valence-corrected chi connectivity index (χ2v) is 7.97. The molecule has 0 saturated heterocycles. The molecule has 7 nitrogen and oxygen atoms in total. The number of pyridine rings is 1. The molecule has 2 heterocycles. The molecular formula is C28H22N4O3. The monoisotopic (exact) mass is 462 g/mol. The number of carbonyl (C=O) groups is 1. The lowest BCUT2D eigenvalue weighted by atomic mass is 10.1. The third kappa shape index (κ3) is 5.09. The first-order valence-corrected chi connectivity index (χ1v) is 11.1. The van der Waals surface area contributed by atoms with Crippen molar-refractivity contribution in [3.8, 4) is 5.75 Å². The van der Waals surface area contributed by atoms with Crippen LogP contribution in [0.4, 0.5) is 5.69 Å². The summed E-state index contributed by atoms with van der Waals surface area (Å²) in [5, 5.41) is 8.28. The number of fused-ring (bicyclic) bond motifs is 1. The molecule has 2 aromatic heterocycles. The highest BCUT2D eigenvalue weighted by atomic mass is 16.5. The summed E-state index contributed by atoms with van der Waals surface area (Å²) in [4.78, 5) is 30.4. The van der Waals surface area contributed by atoms with E-state index in [0.717, 1.165) is 11.1 Å². The minimum atomic E-state index is -0.410. The summed E-state index contributed by atoms with van der Waals surface area (Å²) in [7, 11) is 0. The summed E-state index contributed by atoms with van der Waals surface area (Å²) in [5.41, 5.74) is 2.36. The van der Waals surface area contributed by atoms with Gasteiger partial charge in [0.05, 0.1) is 11.9 Å². The van der Waals surface area contributed by atoms with Crippen molar-refractivity contribution in [1.29, 1.82) is 0 Å². The van der Waals surface area contributed by atoms with Crippen LogP contribution in [-0.4, -0.2) is 20.7 Å². The van der Waals surface area contributed by atoms with Crippen molar-refractivity contribution in [2.45, 2.75) is 13.2 Å². The smallest absolute Gasteiger partial charge is 0.276 e. The Kier molecular flexibility index (Phi) is 6.30. The zero-order valence-corrected chi connectivity index (χ0v) is 18.8. The highest BCUT2D eigenvalue weighted by Crippen LogP contribution is 2.21. The van der Waals surface area contributed by atoms with E-state index in [4.69, 9.17) is 4.74 Å². The lowest BCUT2D eigenvalue weighted by molar-refractivity contribution is 0.102. The summed E-state index contributed by atoms with van der Waals surface area (Å²) < 4.78 is 7.17. The van der Waals surface area contributed by atoms with Crippen molar-refractivity contribution in [2.24, 2.45) is 0 Å². The van der Waals surface area contributed by atoms with Gasteiger partial charge in [-0.25, -0.2) is 4.68 Å². The van der Waals surface area contributed by atoms with Crippen LogP contribution in [0, 0.1) is 0 Å². The van der Waals surface area contributed by atoms with E-state index in [0.29, 0.717) is 28.8 Å². The lowest BCUT2D eigenvalue weighted by Crippen LogP contribution is -2.28. The van der Waals surface area contributed by atoms with Gasteiger partial charge in [-0.05, 0) is 29.8 Å². The van der Waals surface area contributed by atoms with Gasteiger partial charge in [0.25, 0.3) is 11.5 Å². The number of nitrogens with one attached hydrogen (secondary N) is 1. The van der Waals surface area contributed by atoms with Gasteiger partial charge in [-0.15, -0.1) is 0 Å². The van der Waals surface area contributed by atoms with E-state index in [9.17, 15) is 9.59 Å². The zero-order valence-electron chi connectivity index (χ0n) is 18.8. The molecular weight excluding hydrogens is 440 g/mol. The van der Waals surface area contributed by atoms with Crippen LogP contribution >= 0.6 is 0 Å². The SMILES string of the molecule is O=C(Nc1cccc(OCc2cccnc2)c1)c1nn(Cc2ccccc2)c(=O)c2ccccc12. The van der Waals surface area contributed by atoms with Crippen LogP contribution in [-0.2, 0) is 13.2 Å². The molecule has 5 rings (SSSR count). The number of anilines is 1. The lowest BCUT2D eigenvalue weighted by Gasteiger charge is -2.12. The van der Waals surface area contributed by atoms with E-state index in [2.05, 4.69) is 15.4 Å². The van der Waals surface area contributed by atoms with Gasteiger partial charge in [0.2, 0.25) is 0 Å². The summed E-state index contributed by atoms with van der Waals surface area (Å²) >= 11 is 0. The van der Waals surface area contributed by atoms with Crippen LogP contribution in [0.25, 0.3) is 10.8 Å². The molecule has 1 N–H and O–H groups in total. The highest BCUT2D eigenvalue weighted by molar-refractivity contribution is 6.11. The molecule has 1 amide bonds. The van der Waals surface area contributed by atoms with Crippen molar-refractivity contribution in [1.82, 2.24) is 14.8 Å². The fourth-order valence-electron chi connectivity index (χ4n) is 3.77. The standard InChI is InChI=1S/C28H22N4O3/c33-27(30-22-11-6-12-23(16-22)35-19-21-10-7-15-29-17-21)26-24-13-4-5-14-25(24)28(34)32(31-26)18-20-8-2-1-3-9-20/h1-17H,18-19H2,(H,30,33). The van der Waals surface area contributed by atoms with Crippen molar-refractivity contribution in [3.05, 3.63) is 131 Å². The van der Waals surface area contributed by atoms with E-state index in [-0.39, 0.29) is 17.8 Å². The van der Waals surface area contributed by atoms with Crippen molar-refractivity contribution < 1.29 is 9.53 Å². The number of benzene rings is 3. The maximum atomic E-state index is 13.3. The van der Waals surface area contributed by atoms with E-state index >= 15 is 0 Å². The summed E-state index contributed by atoms with van der Waals surface area (Å²) in [6.07, 6.45) is 3.45. The Morgan fingerprint density at radius 1 is 0.857 bits per heavy atom. The first-order valence-electron chi connectivity index (χ1n) is 11.1. The summed E-state index contributed by atoms with van der Waals surface area (Å²) in [6.45, 7) is 0.629. The number of aromatic nitrogens is 3. The van der Waals surface area contributed by atoms with Gasteiger partial charge in [0, 0.05) is 35.1 Å². The number of rotatable bonds is 7. The summed E-state index contributed by atoms with van der Waals surface area (Å²) in [5.74, 6) is 0.200. The quantitative estimate of drug-likeness (QED) is 0.380. The maximum absolute atomic E-state index is 13.3. The van der Waals surface area contributed by atoms with Crippen LogP contribution < -0.4 is 15.6 Å². The molecule has 0 radical (unpaired) electrons. The van der Waals surface area contributed by atoms with E-state index in [1.165, 1.54) is 4.68 Å². The largest absolute Gasteiger partial charge is 0.489 e. The molecule has 0 atom stereocenters. The molecule has 0 aliphatic rings. The Bertz CT molecular complexity index is 1530. The molecule has 0 aliphatic heterocycles. The van der Waals surface area contributed by atoms with Crippen LogP contribution in [0.5, 0.6) is 5.75 Å². The third-order valence-electron chi connectivity index (χ3n) is 5.48. The molecule has 35 heavy (non-hydrogen) atoms.